The molecule has 0 aliphatic heterocycles. The smallest absolute Gasteiger partial charge is 0.142 e. The minimum absolute atomic E-state index is 0.574. The fourth-order valence-electron chi connectivity index (χ4n) is 2.90. The van der Waals surface area contributed by atoms with Crippen molar-refractivity contribution in [3.8, 4) is 5.75 Å². The zero-order valence-electron chi connectivity index (χ0n) is 12.0. The van der Waals surface area contributed by atoms with Crippen molar-refractivity contribution in [2.45, 2.75) is 46.1 Å². The second-order valence-electron chi connectivity index (χ2n) is 5.72. The van der Waals surface area contributed by atoms with Crippen LogP contribution in [-0.4, -0.2) is 13.2 Å². The molecule has 1 aromatic carbocycles. The third kappa shape index (κ3) is 2.80. The Hall–Kier alpha value is -1.18. The highest BCUT2D eigenvalue weighted by Crippen LogP contribution is 2.34. The van der Waals surface area contributed by atoms with Crippen LogP contribution in [0, 0.1) is 18.8 Å². The predicted molar refractivity (Wildman–Crippen MR) is 77.3 cm³/mol. The third-order valence-corrected chi connectivity index (χ3v) is 4.40. The van der Waals surface area contributed by atoms with Crippen molar-refractivity contribution in [2.75, 3.05) is 12.4 Å². The fraction of sp³-hybridized carbons (Fsp3) is 0.625. The maximum atomic E-state index is 5.47. The molecule has 3 atom stereocenters. The summed E-state index contributed by atoms with van der Waals surface area (Å²) in [7, 11) is 1.74. The Kier molecular flexibility index (Phi) is 4.15. The lowest BCUT2D eigenvalue weighted by molar-refractivity contribution is 0.252. The summed E-state index contributed by atoms with van der Waals surface area (Å²) in [5.41, 5.74) is 2.37. The second-order valence-corrected chi connectivity index (χ2v) is 5.72. The average Bonchev–Trinajstić information content (AvgIpc) is 2.37. The van der Waals surface area contributed by atoms with E-state index in [4.69, 9.17) is 4.74 Å². The van der Waals surface area contributed by atoms with Gasteiger partial charge < -0.3 is 10.1 Å². The summed E-state index contributed by atoms with van der Waals surface area (Å²) < 4.78 is 5.47. The maximum absolute atomic E-state index is 5.47. The molecule has 0 spiro atoms. The number of methoxy groups -OCH3 is 1. The van der Waals surface area contributed by atoms with Gasteiger partial charge in [0, 0.05) is 6.04 Å². The van der Waals surface area contributed by atoms with Crippen molar-refractivity contribution in [3.05, 3.63) is 23.8 Å². The quantitative estimate of drug-likeness (QED) is 0.862. The van der Waals surface area contributed by atoms with Gasteiger partial charge in [-0.1, -0.05) is 32.8 Å². The summed E-state index contributed by atoms with van der Waals surface area (Å²) in [6.45, 7) is 6.82. The molecule has 0 bridgehead atoms. The van der Waals surface area contributed by atoms with Crippen LogP contribution in [0.15, 0.2) is 18.2 Å². The van der Waals surface area contributed by atoms with E-state index < -0.39 is 0 Å². The highest BCUT2D eigenvalue weighted by Gasteiger charge is 2.27. The van der Waals surface area contributed by atoms with Gasteiger partial charge in [0.25, 0.3) is 0 Å². The predicted octanol–water partition coefficient (Wildman–Crippen LogP) is 4.24. The molecule has 2 rings (SSSR count). The zero-order chi connectivity index (χ0) is 13.1. The van der Waals surface area contributed by atoms with Crippen LogP contribution in [-0.2, 0) is 0 Å². The molecule has 0 radical (unpaired) electrons. The number of aryl methyl sites for hydroxylation is 1. The van der Waals surface area contributed by atoms with E-state index in [-0.39, 0.29) is 0 Å². The van der Waals surface area contributed by atoms with E-state index in [2.05, 4.69) is 44.3 Å². The Labute approximate surface area is 111 Å². The van der Waals surface area contributed by atoms with Gasteiger partial charge in [0.05, 0.1) is 12.8 Å². The van der Waals surface area contributed by atoms with Gasteiger partial charge in [0.1, 0.15) is 5.75 Å². The number of hydrogen-bond donors (Lipinski definition) is 1. The van der Waals surface area contributed by atoms with E-state index in [9.17, 15) is 0 Å². The molecule has 1 aromatic rings. The molecule has 0 saturated heterocycles. The molecular weight excluding hydrogens is 222 g/mol. The first-order valence-electron chi connectivity index (χ1n) is 7.03. The van der Waals surface area contributed by atoms with Crippen molar-refractivity contribution in [3.63, 3.8) is 0 Å². The van der Waals surface area contributed by atoms with Crippen molar-refractivity contribution < 1.29 is 4.74 Å². The van der Waals surface area contributed by atoms with Crippen LogP contribution >= 0.6 is 0 Å². The fourth-order valence-corrected chi connectivity index (χ4v) is 2.90. The lowest BCUT2D eigenvalue weighted by Gasteiger charge is -2.35. The lowest BCUT2D eigenvalue weighted by Crippen LogP contribution is -2.35. The van der Waals surface area contributed by atoms with E-state index in [0.717, 1.165) is 23.3 Å². The first kappa shape index (κ1) is 13.3. The van der Waals surface area contributed by atoms with Gasteiger partial charge in [-0.3, -0.25) is 0 Å². The highest BCUT2D eigenvalue weighted by atomic mass is 16.5. The van der Waals surface area contributed by atoms with Crippen LogP contribution in [0.5, 0.6) is 5.75 Å². The van der Waals surface area contributed by atoms with Crippen molar-refractivity contribution in [1.82, 2.24) is 0 Å². The SMILES string of the molecule is COc1cc(C)ccc1NC1CCCC(C)C1C. The van der Waals surface area contributed by atoms with Crippen molar-refractivity contribution in [2.24, 2.45) is 11.8 Å². The molecule has 1 fully saturated rings. The van der Waals surface area contributed by atoms with Gasteiger partial charge in [-0.15, -0.1) is 0 Å². The number of ether oxygens (including phenoxy) is 1. The Morgan fingerprint density at radius 2 is 2.00 bits per heavy atom. The minimum Gasteiger partial charge on any atom is -0.495 e. The summed E-state index contributed by atoms with van der Waals surface area (Å²) >= 11 is 0. The van der Waals surface area contributed by atoms with Crippen molar-refractivity contribution >= 4 is 5.69 Å². The zero-order valence-corrected chi connectivity index (χ0v) is 12.0. The number of hydrogen-bond acceptors (Lipinski definition) is 2. The first-order valence-corrected chi connectivity index (χ1v) is 7.03. The number of rotatable bonds is 3. The van der Waals surface area contributed by atoms with Crippen LogP contribution in [0.25, 0.3) is 0 Å². The molecule has 1 N–H and O–H groups in total. The van der Waals surface area contributed by atoms with E-state index in [0.29, 0.717) is 6.04 Å². The summed E-state index contributed by atoms with van der Waals surface area (Å²) in [4.78, 5) is 0. The first-order chi connectivity index (χ1) is 8.61. The Bertz CT molecular complexity index is 402. The molecule has 0 heterocycles. The standard InChI is InChI=1S/C16H25NO/c1-11-8-9-15(16(10-11)18-4)17-14-7-5-6-12(2)13(14)3/h8-10,12-14,17H,5-7H2,1-4H3. The van der Waals surface area contributed by atoms with Crippen LogP contribution in [0.1, 0.15) is 38.7 Å². The van der Waals surface area contributed by atoms with Gasteiger partial charge in [0.2, 0.25) is 0 Å². The molecule has 1 aliphatic rings. The topological polar surface area (TPSA) is 21.3 Å². The molecule has 100 valence electrons. The molecule has 0 amide bonds. The highest BCUT2D eigenvalue weighted by molar-refractivity contribution is 5.58. The Morgan fingerprint density at radius 3 is 2.72 bits per heavy atom. The summed E-state index contributed by atoms with van der Waals surface area (Å²) in [6.07, 6.45) is 3.96. The molecule has 2 nitrogen and oxygen atoms in total. The lowest BCUT2D eigenvalue weighted by atomic mass is 9.78. The van der Waals surface area contributed by atoms with Gasteiger partial charge in [-0.05, 0) is 42.9 Å². The minimum atomic E-state index is 0.574. The Balaban J connectivity index is 2.13. The van der Waals surface area contributed by atoms with Gasteiger partial charge >= 0.3 is 0 Å². The molecule has 18 heavy (non-hydrogen) atoms. The van der Waals surface area contributed by atoms with E-state index in [1.807, 2.05) is 0 Å². The largest absolute Gasteiger partial charge is 0.495 e. The molecule has 1 aliphatic carbocycles. The number of benzene rings is 1. The molecular formula is C16H25NO. The summed E-state index contributed by atoms with van der Waals surface area (Å²) in [5, 5.41) is 3.68. The second kappa shape index (κ2) is 5.64. The average molecular weight is 247 g/mol. The number of nitrogens with one attached hydrogen (secondary N) is 1. The monoisotopic (exact) mass is 247 g/mol. The van der Waals surface area contributed by atoms with Crippen LogP contribution in [0.3, 0.4) is 0 Å². The van der Waals surface area contributed by atoms with Crippen LogP contribution < -0.4 is 10.1 Å². The normalized spacial score (nSPS) is 27.9. The molecule has 1 saturated carbocycles. The van der Waals surface area contributed by atoms with E-state index in [1.54, 1.807) is 7.11 Å². The van der Waals surface area contributed by atoms with Crippen LogP contribution in [0.4, 0.5) is 5.69 Å². The number of anilines is 1. The third-order valence-electron chi connectivity index (χ3n) is 4.40. The van der Waals surface area contributed by atoms with Gasteiger partial charge in [0.15, 0.2) is 0 Å². The van der Waals surface area contributed by atoms with E-state index in [1.165, 1.54) is 24.8 Å². The van der Waals surface area contributed by atoms with Gasteiger partial charge in [-0.2, -0.15) is 0 Å². The summed E-state index contributed by atoms with van der Waals surface area (Å²) in [5.74, 6) is 2.50. The molecule has 0 aromatic heterocycles. The van der Waals surface area contributed by atoms with Crippen LogP contribution in [0.2, 0.25) is 0 Å². The Morgan fingerprint density at radius 1 is 1.22 bits per heavy atom. The van der Waals surface area contributed by atoms with Gasteiger partial charge in [-0.25, -0.2) is 0 Å². The maximum Gasteiger partial charge on any atom is 0.142 e. The molecule has 3 unspecified atom stereocenters. The van der Waals surface area contributed by atoms with Crippen molar-refractivity contribution in [1.29, 1.82) is 0 Å². The van der Waals surface area contributed by atoms with E-state index >= 15 is 0 Å². The molecule has 2 heteroatoms. The summed E-state index contributed by atoms with van der Waals surface area (Å²) in [6, 6.07) is 6.95.